The van der Waals surface area contributed by atoms with E-state index in [0.717, 1.165) is 27.0 Å². The van der Waals surface area contributed by atoms with Crippen molar-refractivity contribution in [2.75, 3.05) is 11.9 Å². The van der Waals surface area contributed by atoms with Gasteiger partial charge in [-0.1, -0.05) is 18.2 Å². The van der Waals surface area contributed by atoms with Gasteiger partial charge in [0.2, 0.25) is 0 Å². The lowest BCUT2D eigenvalue weighted by molar-refractivity contribution is -0.139. The van der Waals surface area contributed by atoms with Crippen LogP contribution in [0.5, 0.6) is 5.75 Å². The summed E-state index contributed by atoms with van der Waals surface area (Å²) in [6.45, 7) is 3.51. The van der Waals surface area contributed by atoms with Crippen LogP contribution >= 0.6 is 11.3 Å². The highest BCUT2D eigenvalue weighted by atomic mass is 32.1. The SMILES string of the molecule is Cc1nc(NC(C)c2cccc(OCC(=O)O)c2)cc(-c2ccc3ncsc3c2)n1. The number of aliphatic carboxylic acids is 1. The Morgan fingerprint density at radius 2 is 2.07 bits per heavy atom. The number of anilines is 1. The number of hydrogen-bond donors (Lipinski definition) is 2. The summed E-state index contributed by atoms with van der Waals surface area (Å²) in [5.41, 5.74) is 5.62. The molecule has 2 aromatic carbocycles. The maximum atomic E-state index is 10.7. The van der Waals surface area contributed by atoms with Gasteiger partial charge in [-0.2, -0.15) is 0 Å². The van der Waals surface area contributed by atoms with Crippen molar-refractivity contribution in [3.63, 3.8) is 0 Å². The van der Waals surface area contributed by atoms with E-state index in [1.807, 2.05) is 55.8 Å². The zero-order valence-electron chi connectivity index (χ0n) is 16.5. The predicted octanol–water partition coefficient (Wildman–Crippen LogP) is 4.70. The average molecular weight is 420 g/mol. The Hall–Kier alpha value is -3.52. The van der Waals surface area contributed by atoms with E-state index in [9.17, 15) is 4.79 Å². The quantitative estimate of drug-likeness (QED) is 0.447. The Morgan fingerprint density at radius 3 is 2.90 bits per heavy atom. The smallest absolute Gasteiger partial charge is 0.341 e. The summed E-state index contributed by atoms with van der Waals surface area (Å²) in [7, 11) is 0. The van der Waals surface area contributed by atoms with Gasteiger partial charge < -0.3 is 15.2 Å². The van der Waals surface area contributed by atoms with E-state index in [-0.39, 0.29) is 12.6 Å². The molecule has 152 valence electrons. The fraction of sp³-hybridized carbons (Fsp3) is 0.182. The molecule has 7 nitrogen and oxygen atoms in total. The van der Waals surface area contributed by atoms with Gasteiger partial charge in [-0.25, -0.2) is 19.7 Å². The van der Waals surface area contributed by atoms with Crippen molar-refractivity contribution in [2.24, 2.45) is 0 Å². The molecule has 0 saturated heterocycles. The first-order valence-electron chi connectivity index (χ1n) is 9.38. The largest absolute Gasteiger partial charge is 0.482 e. The van der Waals surface area contributed by atoms with Crippen LogP contribution < -0.4 is 10.1 Å². The van der Waals surface area contributed by atoms with Gasteiger partial charge >= 0.3 is 5.97 Å². The molecule has 0 aliphatic rings. The summed E-state index contributed by atoms with van der Waals surface area (Å²) in [6, 6.07) is 15.3. The summed E-state index contributed by atoms with van der Waals surface area (Å²) in [4.78, 5) is 24.1. The Bertz CT molecular complexity index is 1210. The number of fused-ring (bicyclic) bond motifs is 1. The number of carboxylic acids is 1. The first-order valence-corrected chi connectivity index (χ1v) is 10.3. The number of ether oxygens (including phenoxy) is 1. The van der Waals surface area contributed by atoms with Gasteiger partial charge in [0.15, 0.2) is 6.61 Å². The fourth-order valence-electron chi connectivity index (χ4n) is 3.13. The van der Waals surface area contributed by atoms with Crippen molar-refractivity contribution in [3.05, 3.63) is 65.4 Å². The van der Waals surface area contributed by atoms with E-state index in [1.165, 1.54) is 0 Å². The molecule has 0 aliphatic carbocycles. The molecule has 4 aromatic rings. The highest BCUT2D eigenvalue weighted by Gasteiger charge is 2.11. The lowest BCUT2D eigenvalue weighted by Crippen LogP contribution is -2.11. The Labute approximate surface area is 177 Å². The normalized spacial score (nSPS) is 11.9. The van der Waals surface area contributed by atoms with Crippen LogP contribution in [0.3, 0.4) is 0 Å². The minimum atomic E-state index is -1.01. The van der Waals surface area contributed by atoms with E-state index in [1.54, 1.807) is 17.4 Å². The van der Waals surface area contributed by atoms with Gasteiger partial charge in [0.05, 0.1) is 27.5 Å². The highest BCUT2D eigenvalue weighted by Crippen LogP contribution is 2.28. The van der Waals surface area contributed by atoms with Crippen molar-refractivity contribution in [1.29, 1.82) is 0 Å². The summed E-state index contributed by atoms with van der Waals surface area (Å²) in [6.07, 6.45) is 0. The zero-order chi connectivity index (χ0) is 21.1. The van der Waals surface area contributed by atoms with Crippen LogP contribution in [0.2, 0.25) is 0 Å². The zero-order valence-corrected chi connectivity index (χ0v) is 17.3. The molecule has 0 bridgehead atoms. The van der Waals surface area contributed by atoms with Crippen molar-refractivity contribution >= 4 is 33.3 Å². The molecule has 30 heavy (non-hydrogen) atoms. The van der Waals surface area contributed by atoms with Crippen LogP contribution in [0.4, 0.5) is 5.82 Å². The number of nitrogens with zero attached hydrogens (tertiary/aromatic N) is 3. The Balaban J connectivity index is 1.56. The van der Waals surface area contributed by atoms with Crippen LogP contribution in [0, 0.1) is 6.92 Å². The number of carboxylic acid groups (broad SMARTS) is 1. The van der Waals surface area contributed by atoms with Crippen LogP contribution in [0.1, 0.15) is 24.4 Å². The van der Waals surface area contributed by atoms with Crippen LogP contribution in [0.25, 0.3) is 21.5 Å². The van der Waals surface area contributed by atoms with Crippen molar-refractivity contribution in [3.8, 4) is 17.0 Å². The van der Waals surface area contributed by atoms with Gasteiger partial charge in [0.25, 0.3) is 0 Å². The first kappa shape index (κ1) is 19.8. The summed E-state index contributed by atoms with van der Waals surface area (Å²) < 4.78 is 6.39. The lowest BCUT2D eigenvalue weighted by atomic mass is 10.1. The molecule has 0 saturated carbocycles. The van der Waals surface area contributed by atoms with Crippen molar-refractivity contribution in [1.82, 2.24) is 15.0 Å². The number of aromatic nitrogens is 3. The molecule has 0 amide bonds. The van der Waals surface area contributed by atoms with Gasteiger partial charge in [0.1, 0.15) is 17.4 Å². The second-order valence-corrected chi connectivity index (χ2v) is 7.73. The molecule has 1 atom stereocenters. The molecule has 1 unspecified atom stereocenters. The maximum Gasteiger partial charge on any atom is 0.341 e. The van der Waals surface area contributed by atoms with Gasteiger partial charge in [0, 0.05) is 11.6 Å². The molecule has 4 rings (SSSR count). The average Bonchev–Trinajstić information content (AvgIpc) is 3.20. The number of hydrogen-bond acceptors (Lipinski definition) is 7. The number of nitrogens with one attached hydrogen (secondary N) is 1. The number of thiazole rings is 1. The first-order chi connectivity index (χ1) is 14.5. The van der Waals surface area contributed by atoms with Gasteiger partial charge in [-0.15, -0.1) is 11.3 Å². The molecular formula is C22H20N4O3S. The predicted molar refractivity (Wildman–Crippen MR) is 117 cm³/mol. The van der Waals surface area contributed by atoms with Crippen molar-refractivity contribution in [2.45, 2.75) is 19.9 Å². The van der Waals surface area contributed by atoms with Crippen molar-refractivity contribution < 1.29 is 14.6 Å². The van der Waals surface area contributed by atoms with Crippen LogP contribution in [-0.4, -0.2) is 32.6 Å². The Kier molecular flexibility index (Phi) is 5.58. The molecular weight excluding hydrogens is 400 g/mol. The summed E-state index contributed by atoms with van der Waals surface area (Å²) >= 11 is 1.60. The van der Waals surface area contributed by atoms with Crippen LogP contribution in [0.15, 0.2) is 54.0 Å². The topological polar surface area (TPSA) is 97.2 Å². The highest BCUT2D eigenvalue weighted by molar-refractivity contribution is 7.16. The third kappa shape index (κ3) is 4.55. The third-order valence-corrected chi connectivity index (χ3v) is 5.34. The van der Waals surface area contributed by atoms with E-state index < -0.39 is 5.97 Å². The molecule has 0 radical (unpaired) electrons. The molecule has 2 aromatic heterocycles. The van der Waals surface area contributed by atoms with E-state index >= 15 is 0 Å². The molecule has 0 fully saturated rings. The third-order valence-electron chi connectivity index (χ3n) is 4.55. The van der Waals surface area contributed by atoms with E-state index in [2.05, 4.69) is 26.3 Å². The molecule has 2 heterocycles. The monoisotopic (exact) mass is 420 g/mol. The second kappa shape index (κ2) is 8.46. The van der Waals surface area contributed by atoms with Gasteiger partial charge in [-0.3, -0.25) is 0 Å². The Morgan fingerprint density at radius 1 is 1.20 bits per heavy atom. The molecule has 2 N–H and O–H groups in total. The van der Waals surface area contributed by atoms with E-state index in [0.29, 0.717) is 17.4 Å². The maximum absolute atomic E-state index is 10.7. The number of rotatable bonds is 7. The molecule has 0 aliphatic heterocycles. The minimum absolute atomic E-state index is 0.0653. The minimum Gasteiger partial charge on any atom is -0.482 e. The standard InChI is InChI=1S/C22H20N4O3S/c1-13(15-4-3-5-17(8-15)29-11-22(27)28)24-21-10-19(25-14(2)26-21)16-6-7-18-20(9-16)30-12-23-18/h3-10,12-13H,11H2,1-2H3,(H,27,28)(H,24,25,26). The second-order valence-electron chi connectivity index (χ2n) is 6.84. The fourth-order valence-corrected chi connectivity index (χ4v) is 3.84. The number of benzene rings is 2. The molecule has 8 heteroatoms. The molecule has 0 spiro atoms. The lowest BCUT2D eigenvalue weighted by Gasteiger charge is -2.17. The number of carbonyl (C=O) groups is 1. The number of aryl methyl sites for hydroxylation is 1. The summed E-state index contributed by atoms with van der Waals surface area (Å²) in [5, 5.41) is 12.2. The van der Waals surface area contributed by atoms with Crippen LogP contribution in [-0.2, 0) is 4.79 Å². The summed E-state index contributed by atoms with van der Waals surface area (Å²) in [5.74, 6) is 0.893. The van der Waals surface area contributed by atoms with E-state index in [4.69, 9.17) is 9.84 Å². The van der Waals surface area contributed by atoms with Gasteiger partial charge in [-0.05, 0) is 43.7 Å².